The Kier molecular flexibility index (Phi) is 34.2. The van der Waals surface area contributed by atoms with Gasteiger partial charge in [-0.15, -0.1) is 250 Å². The van der Waals surface area contributed by atoms with Crippen LogP contribution in [0.1, 0.15) is 68.0 Å². The molecule has 126 heavy (non-hydrogen) atoms. The van der Waals surface area contributed by atoms with Gasteiger partial charge >= 0.3 is 21.1 Å². The minimum absolute atomic E-state index is 0. The van der Waals surface area contributed by atoms with Crippen molar-refractivity contribution in [1.29, 1.82) is 0 Å². The van der Waals surface area contributed by atoms with Crippen LogP contribution >= 0.6 is 0 Å². The maximum absolute atomic E-state index is 13.5. The predicted octanol–water partition coefficient (Wildman–Crippen LogP) is 26.6. The maximum atomic E-state index is 13.5. The molecule has 631 valence electrons. The molecule has 11 aromatic carbocycles. The molecule has 0 saturated carbocycles. The number of allylic oxidation sites excluding steroid dienone is 2. The zero-order chi connectivity index (χ0) is 87.0. The van der Waals surface area contributed by atoms with Gasteiger partial charge in [0.25, 0.3) is 0 Å². The number of nitrogens with zero attached hydrogens (tertiary/aromatic N) is 8. The van der Waals surface area contributed by atoms with Gasteiger partial charge in [0.15, 0.2) is 5.78 Å². The van der Waals surface area contributed by atoms with E-state index in [1.165, 1.54) is 76.2 Å². The fourth-order valence-corrected chi connectivity index (χ4v) is 14.0. The molecule has 0 atom stereocenters. The normalized spacial score (nSPS) is 11.2. The maximum Gasteiger partial charge on any atom is 2.00 e. The monoisotopic (exact) mass is 2360 g/mol. The van der Waals surface area contributed by atoms with E-state index in [-0.39, 0.29) is 98.7 Å². The Balaban J connectivity index is 0.000000162. The number of rotatable bonds is 10. The Hall–Kier alpha value is -12.7. The molecule has 18 aromatic rings. The van der Waals surface area contributed by atoms with Gasteiger partial charge in [0.05, 0.1) is 17.0 Å². The third-order valence-corrected chi connectivity index (χ3v) is 19.8. The van der Waals surface area contributed by atoms with Crippen LogP contribution in [-0.2, 0) is 99.0 Å². The molecule has 0 saturated heterocycles. The first-order valence-corrected chi connectivity index (χ1v) is 39.9. The molecule has 0 fully saturated rings. The molecule has 20 rings (SSSR count). The van der Waals surface area contributed by atoms with Gasteiger partial charge in [-0.1, -0.05) is 166 Å². The van der Waals surface area contributed by atoms with E-state index < -0.39 is 6.85 Å². The smallest absolute Gasteiger partial charge is 0.512 e. The number of hydrogen-bond donors (Lipinski definition) is 1. The molecule has 0 spiro atoms. The fraction of sp³-hybridized carbons (Fsp3) is 0.0811. The summed E-state index contributed by atoms with van der Waals surface area (Å²) in [5.74, 6) is 1.68. The van der Waals surface area contributed by atoms with Gasteiger partial charge in [-0.05, 0) is 149 Å². The zero-order valence-electron chi connectivity index (χ0n) is 72.7. The van der Waals surface area contributed by atoms with Crippen LogP contribution in [0.2, 0.25) is 0 Å². The summed E-state index contributed by atoms with van der Waals surface area (Å²) < 4.78 is 37.0. The number of aliphatic hydroxyl groups is 1. The van der Waals surface area contributed by atoms with Crippen molar-refractivity contribution in [1.82, 2.24) is 34.9 Å². The van der Waals surface area contributed by atoms with Gasteiger partial charge < -0.3 is 25.0 Å². The number of aryl methyl sites for hydroxylation is 5. The molecule has 0 unspecified atom stereocenters. The van der Waals surface area contributed by atoms with Gasteiger partial charge in [0, 0.05) is 125 Å². The van der Waals surface area contributed by atoms with Gasteiger partial charge in [-0.3, -0.25) is 24.6 Å². The Bertz CT molecular complexity index is 6410. The van der Waals surface area contributed by atoms with Crippen molar-refractivity contribution < 1.29 is 99.8 Å². The number of hydrogen-bond acceptors (Lipinski definition) is 10. The van der Waals surface area contributed by atoms with Crippen molar-refractivity contribution in [3.8, 4) is 101 Å². The molecule has 3 radical (unpaired) electrons. The molecular formula is C111H86FIr3N8O2Pt-5. The minimum atomic E-state index is -2.20. The number of aromatic nitrogens is 7. The van der Waals surface area contributed by atoms with Crippen molar-refractivity contribution in [3.63, 3.8) is 0 Å². The average Bonchev–Trinajstić information content (AvgIpc) is 0.722. The number of para-hydroxylation sites is 1. The van der Waals surface area contributed by atoms with Crippen LogP contribution in [0, 0.1) is 82.8 Å². The molecule has 0 bridgehead atoms. The Morgan fingerprint density at radius 1 is 0.397 bits per heavy atom. The summed E-state index contributed by atoms with van der Waals surface area (Å²) in [6.07, 6.45) is 10.1. The summed E-state index contributed by atoms with van der Waals surface area (Å²) in [6.45, 7) is 8.61. The van der Waals surface area contributed by atoms with Gasteiger partial charge in [0.1, 0.15) is 17.5 Å². The summed E-state index contributed by atoms with van der Waals surface area (Å²) in [6, 6.07) is 131. The van der Waals surface area contributed by atoms with Crippen LogP contribution in [0.15, 0.2) is 370 Å². The van der Waals surface area contributed by atoms with Crippen molar-refractivity contribution in [2.45, 2.75) is 61.2 Å². The third-order valence-electron chi connectivity index (χ3n) is 19.8. The number of halogens is 1. The molecule has 1 N–H and O–H groups in total. The standard InChI is InChI=1S/C30H19N3.C18H15FN.2C18H14N.2C11H8N.C5H8O2.3Ir.Pt/c1-3-8-20(9-4-1)26-16-14-24-18-22-12-7-13-23-19-25-15-17-27(21-10-5-2-6-11-21)32-30(25)33(28(22)23)29(24)31-26;1-11-6-12(2)8-15(7-11)17-5-4-14-10-16(19)13(3)9-18(14)20-17;2*1-14-12-18(16-10-6-3-7-11-16)19-13-17(14)15-8-4-2-5-9-15;2*1-2-6-10(7-3-1)11-8-4-5-9-12-11;1-4(6)3-5(2)7;;;;/h1-8,10,12-17H,18-19H2;4-7,9-10H,1-3H3;2*2-10,12-13H,1H3;2*1-6,8-9H;3,6H,1-2H3;;;;/q-2;5*-1;;;;;+2/i;;1D3;;;;;;;;. The number of ketones is 1. The Morgan fingerprint density at radius 2 is 0.802 bits per heavy atom. The van der Waals surface area contributed by atoms with Gasteiger partial charge in [0.2, 0.25) is 0 Å². The van der Waals surface area contributed by atoms with Crippen molar-refractivity contribution in [2.75, 3.05) is 4.90 Å². The first-order chi connectivity index (χ1) is 60.8. The molecule has 0 amide bonds. The zero-order valence-corrected chi connectivity index (χ0v) is 79.1. The summed E-state index contributed by atoms with van der Waals surface area (Å²) in [5, 5.41) is 9.18. The third kappa shape index (κ3) is 25.5. The molecule has 10 nitrogen and oxygen atoms in total. The van der Waals surface area contributed by atoms with E-state index in [9.17, 15) is 9.18 Å². The first-order valence-electron chi connectivity index (χ1n) is 41.4. The topological polar surface area (TPSA) is 131 Å². The molecular weight excluding hydrogens is 2270 g/mol. The number of carbonyl (C=O) groups is 1. The summed E-state index contributed by atoms with van der Waals surface area (Å²) in [4.78, 5) is 44.7. The second-order valence-electron chi connectivity index (χ2n) is 28.9. The minimum Gasteiger partial charge on any atom is -0.512 e. The predicted molar refractivity (Wildman–Crippen MR) is 493 cm³/mol. The molecule has 7 aromatic heterocycles. The SMILES string of the molecule is CC(=O)C=C(C)O.Cc1[c-]c(-c2ccc3cc(F)c(C)cc3n2)cc(C)c1.Cc1cc(-c2[c-]cccc2)ncc1-c1ccccc1.[2H]C([2H])([2H])c1cc(-c2[c-]cccc2)ncc1-c1ccccc1.[Ir].[Ir].[Ir].[Pt+2].[c-]1ccccc1-c1ccc2c(n1)N1c3nc(-c4[c-]cccc4)ccc3Cc3cccc(c31)C2.[c-]1ccccc1-c1ccccn1.[c-]1ccccc1-c1ccccn1. The van der Waals surface area contributed by atoms with Gasteiger partial charge in [-0.2, -0.15) is 0 Å². The Morgan fingerprint density at radius 3 is 1.19 bits per heavy atom. The van der Waals surface area contributed by atoms with E-state index in [4.69, 9.17) is 19.2 Å². The quantitative estimate of drug-likeness (QED) is 0.0802. The van der Waals surface area contributed by atoms with Crippen LogP contribution in [0.25, 0.3) is 112 Å². The first kappa shape index (κ1) is 91.0. The number of benzene rings is 11. The number of aliphatic hydroxyl groups excluding tert-OH is 1. The molecule has 0 aliphatic carbocycles. The van der Waals surface area contributed by atoms with Crippen LogP contribution < -0.4 is 4.90 Å². The van der Waals surface area contributed by atoms with Crippen molar-refractivity contribution in [3.05, 3.63) is 469 Å². The number of fused-ring (bicyclic) bond motifs is 5. The summed E-state index contributed by atoms with van der Waals surface area (Å²) in [5.41, 5.74) is 28.6. The second kappa shape index (κ2) is 47.4. The molecule has 2 aliphatic heterocycles. The average molecular weight is 2360 g/mol. The van der Waals surface area contributed by atoms with E-state index >= 15 is 0 Å². The van der Waals surface area contributed by atoms with Crippen LogP contribution in [0.3, 0.4) is 0 Å². The summed E-state index contributed by atoms with van der Waals surface area (Å²) in [7, 11) is 0. The van der Waals surface area contributed by atoms with Crippen molar-refractivity contribution >= 4 is 34.0 Å². The van der Waals surface area contributed by atoms with E-state index in [2.05, 4.69) is 171 Å². The van der Waals surface area contributed by atoms with E-state index in [0.29, 0.717) is 22.4 Å². The van der Waals surface area contributed by atoms with E-state index in [0.717, 1.165) is 120 Å². The largest absolute Gasteiger partial charge is 2.00 e. The fourth-order valence-electron chi connectivity index (χ4n) is 14.0. The molecule has 15 heteroatoms. The second-order valence-corrected chi connectivity index (χ2v) is 28.9. The number of pyridine rings is 7. The Labute approximate surface area is 797 Å². The summed E-state index contributed by atoms with van der Waals surface area (Å²) >= 11 is 0. The van der Waals surface area contributed by atoms with Crippen molar-refractivity contribution in [2.24, 2.45) is 0 Å². The van der Waals surface area contributed by atoms with E-state index in [1.54, 1.807) is 43.7 Å². The van der Waals surface area contributed by atoms with E-state index in [1.807, 2.05) is 238 Å². The van der Waals surface area contributed by atoms with Crippen LogP contribution in [0.5, 0.6) is 0 Å². The van der Waals surface area contributed by atoms with Crippen LogP contribution in [-0.4, -0.2) is 45.8 Å². The number of anilines is 3. The molecule has 9 heterocycles. The number of carbonyl (C=O) groups excluding carboxylic acids is 1. The van der Waals surface area contributed by atoms with Crippen LogP contribution in [0.4, 0.5) is 21.7 Å². The van der Waals surface area contributed by atoms with Gasteiger partial charge in [-0.25, -0.2) is 4.39 Å². The molecule has 2 aliphatic rings.